The summed E-state index contributed by atoms with van der Waals surface area (Å²) in [6, 6.07) is 16.8. The number of ether oxygens (including phenoxy) is 1. The lowest BCUT2D eigenvalue weighted by molar-refractivity contribution is 0.0526. The lowest BCUT2D eigenvalue weighted by Crippen LogP contribution is -2.35. The van der Waals surface area contributed by atoms with Crippen molar-refractivity contribution in [1.29, 1.82) is 0 Å². The van der Waals surface area contributed by atoms with Crippen molar-refractivity contribution in [3.8, 4) is 0 Å². The SMILES string of the molecule is CCOC(=O)c1ccc(S(=O)(=O)N(CC)[C@@H](c2ccc(C)cc2)c2cccnc2)cc1. The van der Waals surface area contributed by atoms with Gasteiger partial charge in [-0.2, -0.15) is 4.31 Å². The third kappa shape index (κ3) is 5.00. The Kier molecular flexibility index (Phi) is 7.20. The Bertz CT molecular complexity index is 1110. The number of carbonyl (C=O) groups excluding carboxylic acids is 1. The summed E-state index contributed by atoms with van der Waals surface area (Å²) in [6.45, 7) is 6.03. The molecule has 3 aromatic rings. The molecular weight excluding hydrogens is 412 g/mol. The minimum Gasteiger partial charge on any atom is -0.462 e. The quantitative estimate of drug-likeness (QED) is 0.488. The molecule has 162 valence electrons. The number of sulfonamides is 1. The molecule has 0 aliphatic rings. The maximum atomic E-state index is 13.6. The first-order valence-electron chi connectivity index (χ1n) is 10.1. The van der Waals surface area contributed by atoms with E-state index in [0.717, 1.165) is 16.7 Å². The van der Waals surface area contributed by atoms with Gasteiger partial charge in [0.25, 0.3) is 0 Å². The fraction of sp³-hybridized carbons (Fsp3) is 0.250. The number of aromatic nitrogens is 1. The van der Waals surface area contributed by atoms with Crippen LogP contribution in [-0.2, 0) is 14.8 Å². The molecule has 0 bridgehead atoms. The first kappa shape index (κ1) is 22.7. The van der Waals surface area contributed by atoms with Gasteiger partial charge in [-0.1, -0.05) is 42.8 Å². The Balaban J connectivity index is 2.05. The van der Waals surface area contributed by atoms with E-state index in [2.05, 4.69) is 4.98 Å². The number of carbonyl (C=O) groups is 1. The van der Waals surface area contributed by atoms with E-state index in [1.807, 2.05) is 44.2 Å². The largest absolute Gasteiger partial charge is 0.462 e. The smallest absolute Gasteiger partial charge is 0.338 e. The second kappa shape index (κ2) is 9.85. The molecule has 0 N–H and O–H groups in total. The normalized spacial score (nSPS) is 12.5. The van der Waals surface area contributed by atoms with Crippen molar-refractivity contribution in [3.05, 3.63) is 95.3 Å². The molecule has 0 aliphatic heterocycles. The summed E-state index contributed by atoms with van der Waals surface area (Å²) in [7, 11) is -3.86. The average Bonchev–Trinajstić information content (AvgIpc) is 2.79. The number of esters is 1. The van der Waals surface area contributed by atoms with E-state index in [4.69, 9.17) is 4.74 Å². The minimum atomic E-state index is -3.86. The van der Waals surface area contributed by atoms with Crippen molar-refractivity contribution >= 4 is 16.0 Å². The zero-order chi connectivity index (χ0) is 22.4. The second-order valence-corrected chi connectivity index (χ2v) is 8.94. The van der Waals surface area contributed by atoms with E-state index < -0.39 is 22.0 Å². The monoisotopic (exact) mass is 438 g/mol. The van der Waals surface area contributed by atoms with E-state index >= 15 is 0 Å². The molecule has 2 aromatic carbocycles. The Morgan fingerprint density at radius 1 is 1.00 bits per heavy atom. The van der Waals surface area contributed by atoms with E-state index in [1.165, 1.54) is 28.6 Å². The third-order valence-corrected chi connectivity index (χ3v) is 6.92. The average molecular weight is 439 g/mol. The maximum Gasteiger partial charge on any atom is 0.338 e. The van der Waals surface area contributed by atoms with Gasteiger partial charge in [-0.25, -0.2) is 13.2 Å². The van der Waals surface area contributed by atoms with Crippen molar-refractivity contribution in [2.45, 2.75) is 31.7 Å². The summed E-state index contributed by atoms with van der Waals surface area (Å²) >= 11 is 0. The first-order valence-corrected chi connectivity index (χ1v) is 11.6. The van der Waals surface area contributed by atoms with Crippen molar-refractivity contribution in [3.63, 3.8) is 0 Å². The second-order valence-electron chi connectivity index (χ2n) is 7.05. The Morgan fingerprint density at radius 2 is 1.68 bits per heavy atom. The number of hydrogen-bond acceptors (Lipinski definition) is 5. The van der Waals surface area contributed by atoms with Crippen LogP contribution in [-0.4, -0.2) is 36.8 Å². The fourth-order valence-corrected chi connectivity index (χ4v) is 5.03. The van der Waals surface area contributed by atoms with E-state index in [9.17, 15) is 13.2 Å². The van der Waals surface area contributed by atoms with E-state index in [-0.39, 0.29) is 18.0 Å². The van der Waals surface area contributed by atoms with Crippen LogP contribution in [0.1, 0.15) is 46.9 Å². The summed E-state index contributed by atoms with van der Waals surface area (Å²) in [4.78, 5) is 16.2. The van der Waals surface area contributed by atoms with Crippen LogP contribution in [0.15, 0.2) is 78.0 Å². The molecule has 0 aliphatic carbocycles. The molecule has 0 spiro atoms. The van der Waals surface area contributed by atoms with E-state index in [0.29, 0.717) is 5.56 Å². The molecule has 0 amide bonds. The number of hydrogen-bond donors (Lipinski definition) is 0. The zero-order valence-corrected chi connectivity index (χ0v) is 18.7. The number of pyridine rings is 1. The molecule has 0 fully saturated rings. The number of aryl methyl sites for hydroxylation is 1. The fourth-order valence-electron chi connectivity index (χ4n) is 3.42. The van der Waals surface area contributed by atoms with Gasteiger partial charge >= 0.3 is 5.97 Å². The maximum absolute atomic E-state index is 13.6. The molecule has 0 saturated heterocycles. The molecule has 0 saturated carbocycles. The summed E-state index contributed by atoms with van der Waals surface area (Å²) < 4.78 is 33.7. The van der Waals surface area contributed by atoms with Crippen LogP contribution in [0.2, 0.25) is 0 Å². The summed E-state index contributed by atoms with van der Waals surface area (Å²) in [5.74, 6) is -0.480. The van der Waals surface area contributed by atoms with Crippen LogP contribution >= 0.6 is 0 Å². The van der Waals surface area contributed by atoms with Crippen molar-refractivity contribution in [1.82, 2.24) is 9.29 Å². The lowest BCUT2D eigenvalue weighted by Gasteiger charge is -2.30. The molecular formula is C24H26N2O4S. The highest BCUT2D eigenvalue weighted by Crippen LogP contribution is 2.33. The van der Waals surface area contributed by atoms with Gasteiger partial charge in [0.1, 0.15) is 0 Å². The van der Waals surface area contributed by atoms with Gasteiger partial charge in [-0.3, -0.25) is 4.98 Å². The van der Waals surface area contributed by atoms with Gasteiger partial charge in [0.05, 0.1) is 23.1 Å². The zero-order valence-electron chi connectivity index (χ0n) is 17.9. The summed E-state index contributed by atoms with van der Waals surface area (Å²) in [5.41, 5.74) is 3.03. The highest BCUT2D eigenvalue weighted by molar-refractivity contribution is 7.89. The van der Waals surface area contributed by atoms with Gasteiger partial charge in [-0.15, -0.1) is 0 Å². The minimum absolute atomic E-state index is 0.114. The van der Waals surface area contributed by atoms with Crippen LogP contribution in [0.4, 0.5) is 0 Å². The highest BCUT2D eigenvalue weighted by atomic mass is 32.2. The standard InChI is InChI=1S/C24H26N2O4S/c1-4-26(31(28,29)22-14-12-20(13-15-22)24(27)30-5-2)23(21-7-6-16-25-17-21)19-10-8-18(3)9-11-19/h6-17,23H,4-5H2,1-3H3/t23-/m0/s1. The molecule has 1 aromatic heterocycles. The van der Waals surface area contributed by atoms with Gasteiger partial charge in [0.2, 0.25) is 10.0 Å². The van der Waals surface area contributed by atoms with Gasteiger partial charge in [0, 0.05) is 18.9 Å². The Hall–Kier alpha value is -3.03. The predicted molar refractivity (Wildman–Crippen MR) is 119 cm³/mol. The number of rotatable bonds is 8. The van der Waals surface area contributed by atoms with Gasteiger partial charge in [0.15, 0.2) is 0 Å². The molecule has 1 heterocycles. The van der Waals surface area contributed by atoms with Gasteiger partial charge < -0.3 is 4.74 Å². The Morgan fingerprint density at radius 3 is 2.23 bits per heavy atom. The first-order chi connectivity index (χ1) is 14.9. The molecule has 0 radical (unpaired) electrons. The van der Waals surface area contributed by atoms with Crippen LogP contribution in [0, 0.1) is 6.92 Å². The highest BCUT2D eigenvalue weighted by Gasteiger charge is 2.32. The third-order valence-electron chi connectivity index (χ3n) is 4.96. The summed E-state index contributed by atoms with van der Waals surface area (Å²) in [5, 5.41) is 0. The van der Waals surface area contributed by atoms with Crippen LogP contribution in [0.5, 0.6) is 0 Å². The van der Waals surface area contributed by atoms with Crippen molar-refractivity contribution in [2.75, 3.05) is 13.2 Å². The summed E-state index contributed by atoms with van der Waals surface area (Å²) in [6.07, 6.45) is 3.35. The molecule has 1 atom stereocenters. The molecule has 6 nitrogen and oxygen atoms in total. The Labute approximate surface area is 183 Å². The molecule has 0 unspecified atom stereocenters. The predicted octanol–water partition coefficient (Wildman–Crippen LogP) is 4.37. The van der Waals surface area contributed by atoms with Crippen LogP contribution in [0.3, 0.4) is 0 Å². The molecule has 3 rings (SSSR count). The van der Waals surface area contributed by atoms with Crippen molar-refractivity contribution < 1.29 is 17.9 Å². The molecule has 7 heteroatoms. The topological polar surface area (TPSA) is 76.6 Å². The van der Waals surface area contributed by atoms with E-state index in [1.54, 1.807) is 25.4 Å². The number of benzene rings is 2. The lowest BCUT2D eigenvalue weighted by atomic mass is 9.99. The van der Waals surface area contributed by atoms with Crippen molar-refractivity contribution in [2.24, 2.45) is 0 Å². The van der Waals surface area contributed by atoms with Crippen LogP contribution in [0.25, 0.3) is 0 Å². The van der Waals surface area contributed by atoms with Crippen LogP contribution < -0.4 is 0 Å². The number of nitrogens with zero attached hydrogens (tertiary/aromatic N) is 2. The molecule has 31 heavy (non-hydrogen) atoms. The van der Waals surface area contributed by atoms with Gasteiger partial charge in [-0.05, 0) is 55.3 Å².